The Morgan fingerprint density at radius 1 is 1.06 bits per heavy atom. The molecule has 1 N–H and O–H groups in total. The van der Waals surface area contributed by atoms with Crippen molar-refractivity contribution in [2.24, 2.45) is 17.8 Å². The Bertz CT molecular complexity index is 336. The van der Waals surface area contributed by atoms with Crippen LogP contribution in [0, 0.1) is 17.8 Å². The third-order valence-electron chi connectivity index (χ3n) is 4.33. The van der Waals surface area contributed by atoms with Gasteiger partial charge in [-0.1, -0.05) is 44.2 Å². The molecule has 100 valence electrons. The molecule has 0 amide bonds. The van der Waals surface area contributed by atoms with E-state index in [1.54, 1.807) is 0 Å². The molecule has 1 nitrogen and oxygen atoms in total. The summed E-state index contributed by atoms with van der Waals surface area (Å²) in [6.45, 7) is 4.65. The molecular weight excluding hydrogens is 220 g/mol. The normalized spacial score (nSPS) is 30.1. The SMILES string of the molecule is CC1CC(C)CC(C(O)CCc2ccccc2)C1. The van der Waals surface area contributed by atoms with Crippen LogP contribution in [0.5, 0.6) is 0 Å². The lowest BCUT2D eigenvalue weighted by molar-refractivity contribution is 0.0500. The summed E-state index contributed by atoms with van der Waals surface area (Å²) >= 11 is 0. The number of hydrogen-bond acceptors (Lipinski definition) is 1. The summed E-state index contributed by atoms with van der Waals surface area (Å²) in [7, 11) is 0. The number of rotatable bonds is 4. The van der Waals surface area contributed by atoms with Gasteiger partial charge in [0.15, 0.2) is 0 Å². The highest BCUT2D eigenvalue weighted by Gasteiger charge is 2.28. The van der Waals surface area contributed by atoms with Crippen molar-refractivity contribution in [3.63, 3.8) is 0 Å². The fourth-order valence-electron chi connectivity index (χ4n) is 3.52. The zero-order valence-electron chi connectivity index (χ0n) is 11.7. The molecule has 1 fully saturated rings. The van der Waals surface area contributed by atoms with Crippen molar-refractivity contribution in [2.45, 2.75) is 52.1 Å². The molecule has 1 aromatic rings. The number of benzene rings is 1. The third-order valence-corrected chi connectivity index (χ3v) is 4.33. The van der Waals surface area contributed by atoms with Crippen LogP contribution < -0.4 is 0 Å². The standard InChI is InChI=1S/C17H26O/c1-13-10-14(2)12-16(11-13)17(18)9-8-15-6-4-3-5-7-15/h3-7,13-14,16-18H,8-12H2,1-2H3. The Morgan fingerprint density at radius 2 is 1.67 bits per heavy atom. The van der Waals surface area contributed by atoms with Crippen molar-refractivity contribution < 1.29 is 5.11 Å². The van der Waals surface area contributed by atoms with Gasteiger partial charge in [-0.2, -0.15) is 0 Å². The Morgan fingerprint density at radius 3 is 2.28 bits per heavy atom. The van der Waals surface area contributed by atoms with Gasteiger partial charge in [-0.3, -0.25) is 0 Å². The van der Waals surface area contributed by atoms with E-state index in [1.165, 1.54) is 24.8 Å². The van der Waals surface area contributed by atoms with Gasteiger partial charge in [0.25, 0.3) is 0 Å². The minimum absolute atomic E-state index is 0.115. The summed E-state index contributed by atoms with van der Waals surface area (Å²) < 4.78 is 0. The Balaban J connectivity index is 1.82. The summed E-state index contributed by atoms with van der Waals surface area (Å²) in [5.74, 6) is 2.09. The van der Waals surface area contributed by atoms with Gasteiger partial charge in [0.05, 0.1) is 6.10 Å². The van der Waals surface area contributed by atoms with Gasteiger partial charge in [0.1, 0.15) is 0 Å². The smallest absolute Gasteiger partial charge is 0.0571 e. The molecular formula is C17H26O. The number of hydrogen-bond donors (Lipinski definition) is 1. The van der Waals surface area contributed by atoms with Crippen LogP contribution >= 0.6 is 0 Å². The zero-order chi connectivity index (χ0) is 13.0. The molecule has 1 aliphatic rings. The van der Waals surface area contributed by atoms with Crippen molar-refractivity contribution in [3.8, 4) is 0 Å². The first-order valence-electron chi connectivity index (χ1n) is 7.37. The minimum atomic E-state index is -0.115. The van der Waals surface area contributed by atoms with E-state index < -0.39 is 0 Å². The molecule has 0 aromatic heterocycles. The third kappa shape index (κ3) is 3.84. The lowest BCUT2D eigenvalue weighted by Gasteiger charge is -2.34. The molecule has 0 heterocycles. The molecule has 1 aliphatic carbocycles. The first-order valence-corrected chi connectivity index (χ1v) is 7.37. The fourth-order valence-corrected chi connectivity index (χ4v) is 3.52. The zero-order valence-corrected chi connectivity index (χ0v) is 11.7. The summed E-state index contributed by atoms with van der Waals surface area (Å²) in [6.07, 6.45) is 5.55. The molecule has 3 unspecified atom stereocenters. The Labute approximate surface area is 111 Å². The molecule has 1 heteroatoms. The largest absolute Gasteiger partial charge is 0.393 e. The van der Waals surface area contributed by atoms with Crippen LogP contribution in [-0.2, 0) is 6.42 Å². The first-order chi connectivity index (χ1) is 8.65. The average Bonchev–Trinajstić information content (AvgIpc) is 2.36. The van der Waals surface area contributed by atoms with Crippen molar-refractivity contribution in [1.29, 1.82) is 0 Å². The number of aliphatic hydroxyl groups is 1. The topological polar surface area (TPSA) is 20.2 Å². The monoisotopic (exact) mass is 246 g/mol. The van der Waals surface area contributed by atoms with Crippen LogP contribution in [0.15, 0.2) is 30.3 Å². The van der Waals surface area contributed by atoms with Gasteiger partial charge >= 0.3 is 0 Å². The van der Waals surface area contributed by atoms with Crippen molar-refractivity contribution in [2.75, 3.05) is 0 Å². The molecule has 18 heavy (non-hydrogen) atoms. The molecule has 1 aromatic carbocycles. The lowest BCUT2D eigenvalue weighted by Crippen LogP contribution is -2.29. The second kappa shape index (κ2) is 6.38. The average molecular weight is 246 g/mol. The highest BCUT2D eigenvalue weighted by molar-refractivity contribution is 5.14. The fraction of sp³-hybridized carbons (Fsp3) is 0.647. The second-order valence-electron chi connectivity index (χ2n) is 6.27. The first kappa shape index (κ1) is 13.6. The predicted octanol–water partition coefficient (Wildman–Crippen LogP) is 4.05. The van der Waals surface area contributed by atoms with Gasteiger partial charge in [0, 0.05) is 0 Å². The Kier molecular flexibility index (Phi) is 4.82. The van der Waals surface area contributed by atoms with Crippen molar-refractivity contribution in [1.82, 2.24) is 0 Å². The van der Waals surface area contributed by atoms with E-state index in [2.05, 4.69) is 38.1 Å². The van der Waals surface area contributed by atoms with Crippen LogP contribution in [0.2, 0.25) is 0 Å². The summed E-state index contributed by atoms with van der Waals surface area (Å²) in [6, 6.07) is 10.5. The molecule has 0 saturated heterocycles. The van der Waals surface area contributed by atoms with Gasteiger partial charge in [0.2, 0.25) is 0 Å². The molecule has 1 saturated carbocycles. The van der Waals surface area contributed by atoms with Crippen LogP contribution in [0.25, 0.3) is 0 Å². The van der Waals surface area contributed by atoms with E-state index in [0.717, 1.165) is 24.7 Å². The molecule has 0 spiro atoms. The number of aryl methyl sites for hydroxylation is 1. The summed E-state index contributed by atoms with van der Waals surface area (Å²) in [5, 5.41) is 10.4. The van der Waals surface area contributed by atoms with Gasteiger partial charge < -0.3 is 5.11 Å². The lowest BCUT2D eigenvalue weighted by atomic mass is 9.74. The van der Waals surface area contributed by atoms with Crippen molar-refractivity contribution in [3.05, 3.63) is 35.9 Å². The maximum Gasteiger partial charge on any atom is 0.0571 e. The van der Waals surface area contributed by atoms with E-state index in [4.69, 9.17) is 0 Å². The maximum absolute atomic E-state index is 10.4. The molecule has 0 bridgehead atoms. The van der Waals surface area contributed by atoms with Crippen LogP contribution in [0.1, 0.15) is 45.1 Å². The highest BCUT2D eigenvalue weighted by atomic mass is 16.3. The van der Waals surface area contributed by atoms with Gasteiger partial charge in [-0.15, -0.1) is 0 Å². The summed E-state index contributed by atoms with van der Waals surface area (Å²) in [5.41, 5.74) is 1.34. The maximum atomic E-state index is 10.4. The van der Waals surface area contributed by atoms with Crippen molar-refractivity contribution >= 4 is 0 Å². The van der Waals surface area contributed by atoms with E-state index >= 15 is 0 Å². The summed E-state index contributed by atoms with van der Waals surface area (Å²) in [4.78, 5) is 0. The highest BCUT2D eigenvalue weighted by Crippen LogP contribution is 2.35. The van der Waals surface area contributed by atoms with Gasteiger partial charge in [-0.25, -0.2) is 0 Å². The van der Waals surface area contributed by atoms with E-state index in [9.17, 15) is 5.11 Å². The van der Waals surface area contributed by atoms with E-state index in [-0.39, 0.29) is 6.10 Å². The molecule has 0 radical (unpaired) electrons. The second-order valence-corrected chi connectivity index (χ2v) is 6.27. The molecule has 2 rings (SSSR count). The minimum Gasteiger partial charge on any atom is -0.393 e. The number of aliphatic hydroxyl groups excluding tert-OH is 1. The quantitative estimate of drug-likeness (QED) is 0.849. The van der Waals surface area contributed by atoms with Crippen LogP contribution in [0.3, 0.4) is 0 Å². The van der Waals surface area contributed by atoms with E-state index in [0.29, 0.717) is 5.92 Å². The Hall–Kier alpha value is -0.820. The van der Waals surface area contributed by atoms with Gasteiger partial charge in [-0.05, 0) is 55.4 Å². The van der Waals surface area contributed by atoms with Crippen LogP contribution in [-0.4, -0.2) is 11.2 Å². The van der Waals surface area contributed by atoms with Crippen LogP contribution in [0.4, 0.5) is 0 Å². The molecule has 3 atom stereocenters. The van der Waals surface area contributed by atoms with E-state index in [1.807, 2.05) is 6.07 Å². The predicted molar refractivity (Wildman–Crippen MR) is 76.4 cm³/mol. The molecule has 0 aliphatic heterocycles.